The molecule has 2 rings (SSSR count). The van der Waals surface area contributed by atoms with E-state index in [1.807, 2.05) is 6.07 Å². The van der Waals surface area contributed by atoms with Crippen molar-refractivity contribution >= 4 is 29.9 Å². The first-order valence-corrected chi connectivity index (χ1v) is 5.89. The van der Waals surface area contributed by atoms with Crippen LogP contribution >= 0.6 is 24.0 Å². The molecule has 1 aromatic carbocycles. The molecule has 4 nitrogen and oxygen atoms in total. The zero-order valence-electron chi connectivity index (χ0n) is 10.0. The second kappa shape index (κ2) is 6.83. The second-order valence-electron chi connectivity index (χ2n) is 4.03. The van der Waals surface area contributed by atoms with Crippen LogP contribution in [0, 0.1) is 5.92 Å². The van der Waals surface area contributed by atoms with Crippen LogP contribution < -0.4 is 15.4 Å². The summed E-state index contributed by atoms with van der Waals surface area (Å²) < 4.78 is 5.21. The summed E-state index contributed by atoms with van der Waals surface area (Å²) in [5.74, 6) is 0.888. The minimum absolute atomic E-state index is 0. The first kappa shape index (κ1) is 15.1. The van der Waals surface area contributed by atoms with Gasteiger partial charge in [-0.1, -0.05) is 17.7 Å². The number of ether oxygens (including phenoxy) is 1. The number of hydrogen-bond acceptors (Lipinski definition) is 3. The monoisotopic (exact) mass is 290 g/mol. The van der Waals surface area contributed by atoms with E-state index in [0.29, 0.717) is 17.3 Å². The molecule has 1 saturated heterocycles. The number of rotatable bonds is 4. The molecule has 2 N–H and O–H groups in total. The van der Waals surface area contributed by atoms with E-state index in [1.54, 1.807) is 19.2 Å². The van der Waals surface area contributed by atoms with E-state index < -0.39 is 0 Å². The van der Waals surface area contributed by atoms with Crippen LogP contribution in [0.1, 0.15) is 5.56 Å². The Morgan fingerprint density at radius 1 is 1.56 bits per heavy atom. The van der Waals surface area contributed by atoms with E-state index in [9.17, 15) is 4.79 Å². The molecule has 1 aliphatic heterocycles. The smallest absolute Gasteiger partial charge is 0.225 e. The first-order chi connectivity index (χ1) is 8.20. The van der Waals surface area contributed by atoms with Gasteiger partial charge < -0.3 is 15.4 Å². The lowest BCUT2D eigenvalue weighted by Gasteiger charge is -2.25. The minimum atomic E-state index is 0. The number of nitrogens with one attached hydrogen (secondary N) is 2. The van der Waals surface area contributed by atoms with Crippen LogP contribution in [0.2, 0.25) is 5.02 Å². The average Bonchev–Trinajstić information content (AvgIpc) is 2.24. The van der Waals surface area contributed by atoms with Gasteiger partial charge in [0.1, 0.15) is 5.75 Å². The molecule has 0 aliphatic carbocycles. The van der Waals surface area contributed by atoms with Crippen LogP contribution in [0.4, 0.5) is 0 Å². The average molecular weight is 291 g/mol. The van der Waals surface area contributed by atoms with Crippen molar-refractivity contribution in [2.24, 2.45) is 5.92 Å². The van der Waals surface area contributed by atoms with Gasteiger partial charge in [0.2, 0.25) is 5.91 Å². The van der Waals surface area contributed by atoms with Crippen molar-refractivity contribution in [2.45, 2.75) is 6.54 Å². The lowest BCUT2D eigenvalue weighted by Crippen LogP contribution is -2.50. The zero-order chi connectivity index (χ0) is 12.3. The molecule has 1 aromatic rings. The van der Waals surface area contributed by atoms with Gasteiger partial charge in [-0.2, -0.15) is 0 Å². The number of carbonyl (C=O) groups excluding carboxylic acids is 1. The van der Waals surface area contributed by atoms with Gasteiger partial charge in [0.25, 0.3) is 0 Å². The highest BCUT2D eigenvalue weighted by atomic mass is 35.5. The van der Waals surface area contributed by atoms with Crippen LogP contribution in [0.25, 0.3) is 0 Å². The molecule has 0 bridgehead atoms. The molecule has 0 unspecified atom stereocenters. The third kappa shape index (κ3) is 3.51. The third-order valence-electron chi connectivity index (χ3n) is 2.85. The highest BCUT2D eigenvalue weighted by Gasteiger charge is 2.24. The van der Waals surface area contributed by atoms with Crippen LogP contribution in [-0.2, 0) is 11.3 Å². The van der Waals surface area contributed by atoms with Gasteiger partial charge in [-0.25, -0.2) is 0 Å². The first-order valence-electron chi connectivity index (χ1n) is 5.51. The molecule has 18 heavy (non-hydrogen) atoms. The van der Waals surface area contributed by atoms with Crippen molar-refractivity contribution in [1.82, 2.24) is 10.6 Å². The molecular formula is C12H16Cl2N2O2. The quantitative estimate of drug-likeness (QED) is 0.886. The van der Waals surface area contributed by atoms with Crippen molar-refractivity contribution in [3.8, 4) is 5.75 Å². The van der Waals surface area contributed by atoms with Gasteiger partial charge in [-0.05, 0) is 12.1 Å². The van der Waals surface area contributed by atoms with E-state index in [2.05, 4.69) is 10.6 Å². The molecule has 1 amide bonds. The number of methoxy groups -OCH3 is 1. The van der Waals surface area contributed by atoms with Crippen molar-refractivity contribution in [3.63, 3.8) is 0 Å². The summed E-state index contributed by atoms with van der Waals surface area (Å²) in [5.41, 5.74) is 0.928. The maximum Gasteiger partial charge on any atom is 0.225 e. The molecule has 0 radical (unpaired) electrons. The van der Waals surface area contributed by atoms with Gasteiger partial charge in [0.05, 0.1) is 13.0 Å². The van der Waals surface area contributed by atoms with Crippen molar-refractivity contribution in [3.05, 3.63) is 28.8 Å². The number of benzene rings is 1. The van der Waals surface area contributed by atoms with Crippen LogP contribution in [-0.4, -0.2) is 26.1 Å². The van der Waals surface area contributed by atoms with Gasteiger partial charge in [-0.3, -0.25) is 4.79 Å². The summed E-state index contributed by atoms with van der Waals surface area (Å²) in [6.45, 7) is 2.00. The zero-order valence-corrected chi connectivity index (χ0v) is 11.6. The number of amides is 1. The Hall–Kier alpha value is -0.970. The highest BCUT2D eigenvalue weighted by Crippen LogP contribution is 2.22. The maximum absolute atomic E-state index is 11.6. The molecule has 100 valence electrons. The second-order valence-corrected chi connectivity index (χ2v) is 4.47. The van der Waals surface area contributed by atoms with Gasteiger partial charge in [0.15, 0.2) is 0 Å². The van der Waals surface area contributed by atoms with E-state index in [1.165, 1.54) is 0 Å². The number of carbonyl (C=O) groups is 1. The standard InChI is InChI=1S/C12H15ClN2O2.ClH/c1-17-11-4-10(13)3-2-8(11)7-15-12(16)9-5-14-6-9;/h2-4,9,14H,5-7H2,1H3,(H,15,16);1H. The number of halogens is 2. The molecule has 6 heteroatoms. The van der Waals surface area contributed by atoms with Crippen LogP contribution in [0.3, 0.4) is 0 Å². The highest BCUT2D eigenvalue weighted by molar-refractivity contribution is 6.30. The van der Waals surface area contributed by atoms with Crippen LogP contribution in [0.15, 0.2) is 18.2 Å². The normalized spacial score (nSPS) is 14.3. The summed E-state index contributed by atoms with van der Waals surface area (Å²) in [6.07, 6.45) is 0. The fourth-order valence-corrected chi connectivity index (χ4v) is 1.83. The van der Waals surface area contributed by atoms with Gasteiger partial charge in [0, 0.05) is 30.2 Å². The van der Waals surface area contributed by atoms with E-state index in [-0.39, 0.29) is 24.2 Å². The molecule has 0 aromatic heterocycles. The number of hydrogen-bond donors (Lipinski definition) is 2. The molecule has 0 atom stereocenters. The summed E-state index contributed by atoms with van der Waals surface area (Å²) in [6, 6.07) is 5.39. The summed E-state index contributed by atoms with van der Waals surface area (Å²) in [7, 11) is 1.59. The maximum atomic E-state index is 11.6. The Labute approximate surface area is 117 Å². The predicted octanol–water partition coefficient (Wildman–Crippen LogP) is 1.61. The Kier molecular flexibility index (Phi) is 5.72. The fraction of sp³-hybridized carbons (Fsp3) is 0.417. The van der Waals surface area contributed by atoms with Crippen molar-refractivity contribution < 1.29 is 9.53 Å². The van der Waals surface area contributed by atoms with Gasteiger partial charge in [-0.15, -0.1) is 12.4 Å². The minimum Gasteiger partial charge on any atom is -0.496 e. The topological polar surface area (TPSA) is 50.4 Å². The molecule has 1 heterocycles. The SMILES string of the molecule is COc1cc(Cl)ccc1CNC(=O)C1CNC1.Cl. The molecule has 1 fully saturated rings. The summed E-state index contributed by atoms with van der Waals surface area (Å²) in [4.78, 5) is 11.6. The van der Waals surface area contributed by atoms with E-state index in [0.717, 1.165) is 18.7 Å². The summed E-state index contributed by atoms with van der Waals surface area (Å²) >= 11 is 5.86. The lowest BCUT2D eigenvalue weighted by molar-refractivity contribution is -0.126. The fourth-order valence-electron chi connectivity index (χ4n) is 1.67. The Morgan fingerprint density at radius 3 is 2.83 bits per heavy atom. The lowest BCUT2D eigenvalue weighted by atomic mass is 10.0. The molecule has 0 saturated carbocycles. The van der Waals surface area contributed by atoms with Crippen molar-refractivity contribution in [2.75, 3.05) is 20.2 Å². The van der Waals surface area contributed by atoms with Crippen LogP contribution in [0.5, 0.6) is 5.75 Å². The Bertz CT molecular complexity index is 423. The third-order valence-corrected chi connectivity index (χ3v) is 3.09. The summed E-state index contributed by atoms with van der Waals surface area (Å²) in [5, 5.41) is 6.59. The van der Waals surface area contributed by atoms with E-state index in [4.69, 9.17) is 16.3 Å². The predicted molar refractivity (Wildman–Crippen MR) is 73.5 cm³/mol. The Balaban J connectivity index is 0.00000162. The molecule has 0 spiro atoms. The van der Waals surface area contributed by atoms with Gasteiger partial charge >= 0.3 is 0 Å². The largest absolute Gasteiger partial charge is 0.496 e. The molecule has 1 aliphatic rings. The van der Waals surface area contributed by atoms with E-state index >= 15 is 0 Å². The molecular weight excluding hydrogens is 275 g/mol. The Morgan fingerprint density at radius 2 is 2.28 bits per heavy atom. The van der Waals surface area contributed by atoms with Crippen molar-refractivity contribution in [1.29, 1.82) is 0 Å².